The zero-order valence-corrected chi connectivity index (χ0v) is 16.4. The Bertz CT molecular complexity index is 782. The molecule has 0 bridgehead atoms. The van der Waals surface area contributed by atoms with Crippen LogP contribution in [0.3, 0.4) is 0 Å². The van der Waals surface area contributed by atoms with Gasteiger partial charge in [0.1, 0.15) is 11.6 Å². The van der Waals surface area contributed by atoms with E-state index in [4.69, 9.17) is 9.47 Å². The van der Waals surface area contributed by atoms with Gasteiger partial charge in [-0.25, -0.2) is 4.98 Å². The summed E-state index contributed by atoms with van der Waals surface area (Å²) in [4.78, 5) is 19.2. The van der Waals surface area contributed by atoms with Crippen LogP contribution in [-0.4, -0.2) is 43.3 Å². The third-order valence-corrected chi connectivity index (χ3v) is 4.68. The Balaban J connectivity index is 1.59. The zero-order valence-electron chi connectivity index (χ0n) is 16.4. The molecule has 2 heterocycles. The monoisotopic (exact) mass is 369 g/mol. The normalized spacial score (nSPS) is 19.6. The molecule has 0 saturated carbocycles. The number of hydrogen-bond donors (Lipinski definition) is 1. The second-order valence-electron chi connectivity index (χ2n) is 7.05. The standard InChI is InChI=1S/C21H27N3O3/c1-14-5-7-18(9-19(14)26-4)21(25)23-11-17-6-8-20(22-10-17)24-12-15(2)27-16(3)13-24/h5-10,15-16H,11-13H2,1-4H3,(H,23,25). The lowest BCUT2D eigenvalue weighted by atomic mass is 10.1. The van der Waals surface area contributed by atoms with Crippen molar-refractivity contribution in [1.82, 2.24) is 10.3 Å². The third kappa shape index (κ3) is 4.77. The fourth-order valence-electron chi connectivity index (χ4n) is 3.32. The summed E-state index contributed by atoms with van der Waals surface area (Å²) in [5.41, 5.74) is 2.54. The number of benzene rings is 1. The highest BCUT2D eigenvalue weighted by Gasteiger charge is 2.23. The van der Waals surface area contributed by atoms with Crippen LogP contribution in [0.1, 0.15) is 35.3 Å². The number of aromatic nitrogens is 1. The fourth-order valence-corrected chi connectivity index (χ4v) is 3.32. The number of aryl methyl sites for hydroxylation is 1. The molecule has 144 valence electrons. The molecular formula is C21H27N3O3. The van der Waals surface area contributed by atoms with Crippen LogP contribution in [0, 0.1) is 6.92 Å². The van der Waals surface area contributed by atoms with Crippen LogP contribution >= 0.6 is 0 Å². The molecule has 3 rings (SSSR count). The molecule has 1 saturated heterocycles. The molecule has 1 aromatic heterocycles. The molecular weight excluding hydrogens is 342 g/mol. The van der Waals surface area contributed by atoms with Crippen molar-refractivity contribution in [2.45, 2.75) is 39.5 Å². The van der Waals surface area contributed by atoms with Gasteiger partial charge in [0, 0.05) is 31.4 Å². The predicted octanol–water partition coefficient (Wildman–Crippen LogP) is 2.94. The highest BCUT2D eigenvalue weighted by Crippen LogP contribution is 2.20. The largest absolute Gasteiger partial charge is 0.496 e. The number of rotatable bonds is 5. The molecule has 27 heavy (non-hydrogen) atoms. The Morgan fingerprint density at radius 1 is 1.26 bits per heavy atom. The van der Waals surface area contributed by atoms with Crippen molar-refractivity contribution in [1.29, 1.82) is 0 Å². The number of methoxy groups -OCH3 is 1. The van der Waals surface area contributed by atoms with E-state index in [1.54, 1.807) is 19.2 Å². The summed E-state index contributed by atoms with van der Waals surface area (Å²) in [6.45, 7) is 8.20. The maximum Gasteiger partial charge on any atom is 0.251 e. The predicted molar refractivity (Wildman–Crippen MR) is 105 cm³/mol. The van der Waals surface area contributed by atoms with Crippen LogP contribution in [0.5, 0.6) is 5.75 Å². The van der Waals surface area contributed by atoms with Crippen molar-refractivity contribution in [3.63, 3.8) is 0 Å². The second-order valence-corrected chi connectivity index (χ2v) is 7.05. The summed E-state index contributed by atoms with van der Waals surface area (Å²) >= 11 is 0. The summed E-state index contributed by atoms with van der Waals surface area (Å²) in [6, 6.07) is 9.45. The van der Waals surface area contributed by atoms with Crippen LogP contribution in [0.15, 0.2) is 36.5 Å². The first-order valence-corrected chi connectivity index (χ1v) is 9.24. The topological polar surface area (TPSA) is 63.7 Å². The molecule has 6 heteroatoms. The Kier molecular flexibility index (Phi) is 5.96. The quantitative estimate of drug-likeness (QED) is 0.878. The van der Waals surface area contributed by atoms with Crippen molar-refractivity contribution in [3.8, 4) is 5.75 Å². The molecule has 1 aliphatic rings. The molecule has 2 unspecified atom stereocenters. The Morgan fingerprint density at radius 2 is 2.00 bits per heavy atom. The van der Waals surface area contributed by atoms with E-state index in [1.165, 1.54) is 0 Å². The van der Waals surface area contributed by atoms with Gasteiger partial charge in [0.15, 0.2) is 0 Å². The molecule has 0 spiro atoms. The number of nitrogens with zero attached hydrogens (tertiary/aromatic N) is 2. The molecule has 1 N–H and O–H groups in total. The second kappa shape index (κ2) is 8.39. The van der Waals surface area contributed by atoms with Crippen molar-refractivity contribution < 1.29 is 14.3 Å². The van der Waals surface area contributed by atoms with Crippen LogP contribution in [0.4, 0.5) is 5.82 Å². The SMILES string of the molecule is COc1cc(C(=O)NCc2ccc(N3CC(C)OC(C)C3)nc2)ccc1C. The Labute approximate surface area is 160 Å². The van der Waals surface area contributed by atoms with E-state index >= 15 is 0 Å². The number of carbonyl (C=O) groups is 1. The van der Waals surface area contributed by atoms with Crippen LogP contribution in [0.25, 0.3) is 0 Å². The number of morpholine rings is 1. The lowest BCUT2D eigenvalue weighted by Crippen LogP contribution is -2.45. The van der Waals surface area contributed by atoms with Gasteiger partial charge in [-0.05, 0) is 50.1 Å². The van der Waals surface area contributed by atoms with Gasteiger partial charge >= 0.3 is 0 Å². The molecule has 1 aromatic carbocycles. The number of anilines is 1. The van der Waals surface area contributed by atoms with Crippen LogP contribution in [-0.2, 0) is 11.3 Å². The number of nitrogens with one attached hydrogen (secondary N) is 1. The molecule has 6 nitrogen and oxygen atoms in total. The molecule has 2 aromatic rings. The van der Waals surface area contributed by atoms with E-state index in [0.717, 1.165) is 30.0 Å². The van der Waals surface area contributed by atoms with Gasteiger partial charge in [-0.3, -0.25) is 4.79 Å². The summed E-state index contributed by atoms with van der Waals surface area (Å²) in [6.07, 6.45) is 2.21. The van der Waals surface area contributed by atoms with Gasteiger partial charge in [0.25, 0.3) is 5.91 Å². The highest BCUT2D eigenvalue weighted by molar-refractivity contribution is 5.94. The molecule has 1 fully saturated rings. The van der Waals surface area contributed by atoms with E-state index in [2.05, 4.69) is 29.0 Å². The summed E-state index contributed by atoms with van der Waals surface area (Å²) in [5, 5.41) is 2.93. The van der Waals surface area contributed by atoms with E-state index in [-0.39, 0.29) is 18.1 Å². The molecule has 0 aliphatic carbocycles. The van der Waals surface area contributed by atoms with Crippen molar-refractivity contribution in [2.75, 3.05) is 25.1 Å². The van der Waals surface area contributed by atoms with Crippen molar-refractivity contribution in [2.24, 2.45) is 0 Å². The molecule has 2 atom stereocenters. The zero-order chi connectivity index (χ0) is 19.4. The van der Waals surface area contributed by atoms with Gasteiger partial charge in [-0.15, -0.1) is 0 Å². The maximum atomic E-state index is 12.4. The number of pyridine rings is 1. The van der Waals surface area contributed by atoms with E-state index < -0.39 is 0 Å². The number of carbonyl (C=O) groups excluding carboxylic acids is 1. The van der Waals surface area contributed by atoms with Gasteiger partial charge < -0.3 is 19.7 Å². The number of amides is 1. The lowest BCUT2D eigenvalue weighted by molar-refractivity contribution is -0.00546. The maximum absolute atomic E-state index is 12.4. The average molecular weight is 369 g/mol. The van der Waals surface area contributed by atoms with Crippen LogP contribution in [0.2, 0.25) is 0 Å². The Hall–Kier alpha value is -2.60. The summed E-state index contributed by atoms with van der Waals surface area (Å²) in [5.74, 6) is 1.52. The Morgan fingerprint density at radius 3 is 2.63 bits per heavy atom. The number of hydrogen-bond acceptors (Lipinski definition) is 5. The average Bonchev–Trinajstić information content (AvgIpc) is 2.66. The minimum Gasteiger partial charge on any atom is -0.496 e. The fraction of sp³-hybridized carbons (Fsp3) is 0.429. The van der Waals surface area contributed by atoms with E-state index in [0.29, 0.717) is 17.9 Å². The molecule has 0 radical (unpaired) electrons. The number of ether oxygens (including phenoxy) is 2. The van der Waals surface area contributed by atoms with Gasteiger partial charge in [-0.1, -0.05) is 12.1 Å². The van der Waals surface area contributed by atoms with Crippen molar-refractivity contribution in [3.05, 3.63) is 53.2 Å². The highest BCUT2D eigenvalue weighted by atomic mass is 16.5. The van der Waals surface area contributed by atoms with Gasteiger partial charge in [0.05, 0.1) is 19.3 Å². The third-order valence-electron chi connectivity index (χ3n) is 4.68. The minimum absolute atomic E-state index is 0.131. The van der Waals surface area contributed by atoms with Crippen LogP contribution < -0.4 is 15.0 Å². The lowest BCUT2D eigenvalue weighted by Gasteiger charge is -2.36. The van der Waals surface area contributed by atoms with E-state index in [9.17, 15) is 4.79 Å². The molecule has 1 aliphatic heterocycles. The first kappa shape index (κ1) is 19.2. The van der Waals surface area contributed by atoms with Crippen molar-refractivity contribution >= 4 is 11.7 Å². The molecule has 1 amide bonds. The summed E-state index contributed by atoms with van der Waals surface area (Å²) < 4.78 is 11.0. The van der Waals surface area contributed by atoms with E-state index in [1.807, 2.05) is 31.3 Å². The van der Waals surface area contributed by atoms with Gasteiger partial charge in [-0.2, -0.15) is 0 Å². The van der Waals surface area contributed by atoms with Gasteiger partial charge in [0.2, 0.25) is 0 Å². The first-order valence-electron chi connectivity index (χ1n) is 9.24. The summed E-state index contributed by atoms with van der Waals surface area (Å²) in [7, 11) is 1.60. The smallest absolute Gasteiger partial charge is 0.251 e. The first-order chi connectivity index (χ1) is 13.0. The minimum atomic E-state index is -0.131.